The number of phenolic OH excluding ortho intramolecular Hbond substituents is 1. The monoisotopic (exact) mass is 307 g/mol. The van der Waals surface area contributed by atoms with Crippen LogP contribution in [0.4, 0.5) is 5.69 Å². The zero-order valence-electron chi connectivity index (χ0n) is 12.7. The molecule has 1 amide bonds. The first kappa shape index (κ1) is 14.8. The molecule has 5 nitrogen and oxygen atoms in total. The molecule has 0 bridgehead atoms. The molecule has 0 saturated heterocycles. The Balaban J connectivity index is 1.74. The largest absolute Gasteiger partial charge is 0.508 e. The number of aromatic nitrogens is 2. The van der Waals surface area contributed by atoms with E-state index in [4.69, 9.17) is 0 Å². The van der Waals surface area contributed by atoms with E-state index >= 15 is 0 Å². The highest BCUT2D eigenvalue weighted by Crippen LogP contribution is 2.21. The first-order valence-electron chi connectivity index (χ1n) is 7.40. The number of benzene rings is 2. The summed E-state index contributed by atoms with van der Waals surface area (Å²) in [4.78, 5) is 12.1. The highest BCUT2D eigenvalue weighted by Gasteiger charge is 2.05. The van der Waals surface area contributed by atoms with E-state index in [1.54, 1.807) is 18.3 Å². The number of aryl methyl sites for hydroxylation is 1. The van der Waals surface area contributed by atoms with E-state index in [-0.39, 0.29) is 11.7 Å². The Morgan fingerprint density at radius 2 is 2.22 bits per heavy atom. The number of H-pyrrole nitrogens is 1. The molecule has 5 heteroatoms. The number of amides is 1. The molecule has 0 aliphatic heterocycles. The van der Waals surface area contributed by atoms with Crippen molar-refractivity contribution in [3.8, 4) is 5.75 Å². The number of phenols is 1. The van der Waals surface area contributed by atoms with Crippen molar-refractivity contribution in [2.75, 3.05) is 5.32 Å². The molecule has 0 fully saturated rings. The van der Waals surface area contributed by atoms with Crippen molar-refractivity contribution in [2.45, 2.75) is 13.3 Å². The summed E-state index contributed by atoms with van der Waals surface area (Å²) in [6.45, 7) is 1.98. The van der Waals surface area contributed by atoms with E-state index in [1.807, 2.05) is 37.3 Å². The molecule has 2 aromatic carbocycles. The third-order valence-corrected chi connectivity index (χ3v) is 3.65. The van der Waals surface area contributed by atoms with Gasteiger partial charge in [0.05, 0.1) is 17.4 Å². The predicted molar refractivity (Wildman–Crippen MR) is 91.2 cm³/mol. The number of nitrogens with zero attached hydrogens (tertiary/aromatic N) is 1. The van der Waals surface area contributed by atoms with Crippen LogP contribution in [0.2, 0.25) is 0 Å². The number of hydrogen-bond acceptors (Lipinski definition) is 3. The summed E-state index contributed by atoms with van der Waals surface area (Å²) in [5.74, 6) is 0.00319. The normalized spacial score (nSPS) is 11.2. The molecule has 0 radical (unpaired) electrons. The number of nitrogens with one attached hydrogen (secondary N) is 2. The molecule has 1 aromatic heterocycles. The molecule has 3 aromatic rings. The number of rotatable bonds is 4. The molecule has 1 heterocycles. The van der Waals surface area contributed by atoms with Gasteiger partial charge in [0.15, 0.2) is 0 Å². The zero-order valence-corrected chi connectivity index (χ0v) is 12.7. The number of para-hydroxylation sites is 1. The summed E-state index contributed by atoms with van der Waals surface area (Å²) in [7, 11) is 0. The van der Waals surface area contributed by atoms with Crippen LogP contribution in [0.15, 0.2) is 48.7 Å². The molecular weight excluding hydrogens is 290 g/mol. The molecule has 3 N–H and O–H groups in total. The minimum absolute atomic E-state index is 0.244. The molecule has 0 spiro atoms. The maximum Gasteiger partial charge on any atom is 0.248 e. The minimum Gasteiger partial charge on any atom is -0.508 e. The number of carbonyl (C=O) groups is 1. The topological polar surface area (TPSA) is 78.0 Å². The lowest BCUT2D eigenvalue weighted by molar-refractivity contribution is -0.111. The lowest BCUT2D eigenvalue weighted by atomic mass is 10.1. The highest BCUT2D eigenvalue weighted by atomic mass is 16.3. The van der Waals surface area contributed by atoms with E-state index in [0.717, 1.165) is 28.5 Å². The lowest BCUT2D eigenvalue weighted by Crippen LogP contribution is -2.08. The fourth-order valence-electron chi connectivity index (χ4n) is 2.40. The van der Waals surface area contributed by atoms with Crippen molar-refractivity contribution < 1.29 is 9.90 Å². The Morgan fingerprint density at radius 1 is 1.35 bits per heavy atom. The van der Waals surface area contributed by atoms with Gasteiger partial charge in [0.25, 0.3) is 0 Å². The van der Waals surface area contributed by atoms with Crippen molar-refractivity contribution in [1.82, 2.24) is 10.2 Å². The molecule has 0 unspecified atom stereocenters. The van der Waals surface area contributed by atoms with E-state index in [1.165, 1.54) is 6.08 Å². The van der Waals surface area contributed by atoms with Crippen LogP contribution in [-0.4, -0.2) is 21.2 Å². The average molecular weight is 307 g/mol. The fourth-order valence-corrected chi connectivity index (χ4v) is 2.40. The second-order valence-corrected chi connectivity index (χ2v) is 5.20. The minimum atomic E-state index is -0.244. The van der Waals surface area contributed by atoms with Crippen molar-refractivity contribution in [1.29, 1.82) is 0 Å². The average Bonchev–Trinajstić information content (AvgIpc) is 3.03. The Morgan fingerprint density at radius 3 is 3.00 bits per heavy atom. The number of aromatic hydroxyl groups is 1. The number of hydrogen-bond donors (Lipinski definition) is 3. The Labute approximate surface area is 133 Å². The van der Waals surface area contributed by atoms with Crippen LogP contribution >= 0.6 is 0 Å². The van der Waals surface area contributed by atoms with Gasteiger partial charge in [-0.1, -0.05) is 31.2 Å². The van der Waals surface area contributed by atoms with Gasteiger partial charge >= 0.3 is 0 Å². The van der Waals surface area contributed by atoms with Gasteiger partial charge in [0.2, 0.25) is 5.91 Å². The summed E-state index contributed by atoms with van der Waals surface area (Å²) in [6, 6.07) is 11.0. The van der Waals surface area contributed by atoms with Crippen LogP contribution in [0.3, 0.4) is 0 Å². The number of aromatic amines is 1. The maximum atomic E-state index is 12.1. The summed E-state index contributed by atoms with van der Waals surface area (Å²) >= 11 is 0. The van der Waals surface area contributed by atoms with Crippen molar-refractivity contribution in [3.05, 3.63) is 59.8 Å². The molecule has 0 aliphatic rings. The highest BCUT2D eigenvalue weighted by molar-refractivity contribution is 6.06. The van der Waals surface area contributed by atoms with Crippen LogP contribution in [0.5, 0.6) is 5.75 Å². The zero-order chi connectivity index (χ0) is 16.2. The Kier molecular flexibility index (Phi) is 4.10. The van der Waals surface area contributed by atoms with Crippen LogP contribution in [0.1, 0.15) is 18.1 Å². The predicted octanol–water partition coefficient (Wildman–Crippen LogP) is 3.48. The molecule has 116 valence electrons. The quantitative estimate of drug-likeness (QED) is 0.646. The van der Waals surface area contributed by atoms with Gasteiger partial charge < -0.3 is 10.4 Å². The van der Waals surface area contributed by atoms with Crippen molar-refractivity contribution >= 4 is 28.6 Å². The summed E-state index contributed by atoms with van der Waals surface area (Å²) < 4.78 is 0. The van der Waals surface area contributed by atoms with Gasteiger partial charge in [0.1, 0.15) is 5.75 Å². The van der Waals surface area contributed by atoms with Gasteiger partial charge in [0, 0.05) is 11.5 Å². The second-order valence-electron chi connectivity index (χ2n) is 5.20. The molecular formula is C18H17N3O2. The second kappa shape index (κ2) is 6.36. The van der Waals surface area contributed by atoms with Gasteiger partial charge in [-0.25, -0.2) is 0 Å². The Hall–Kier alpha value is -3.08. The number of fused-ring (bicyclic) bond motifs is 1. The van der Waals surface area contributed by atoms with Crippen LogP contribution in [0.25, 0.3) is 17.0 Å². The lowest BCUT2D eigenvalue weighted by Gasteiger charge is -2.04. The molecule has 0 atom stereocenters. The third-order valence-electron chi connectivity index (χ3n) is 3.65. The van der Waals surface area contributed by atoms with E-state index in [9.17, 15) is 9.90 Å². The molecule has 0 saturated carbocycles. The Bertz CT molecular complexity index is 881. The molecule has 0 aliphatic carbocycles. The van der Waals surface area contributed by atoms with Gasteiger partial charge in [-0.05, 0) is 35.8 Å². The SMILES string of the molecule is CCc1ccc(/C=C/C(=O)Nc2cccc3cn[nH]c23)cc1O. The van der Waals surface area contributed by atoms with E-state index in [0.29, 0.717) is 5.69 Å². The van der Waals surface area contributed by atoms with Crippen LogP contribution in [-0.2, 0) is 11.2 Å². The van der Waals surface area contributed by atoms with Gasteiger partial charge in [-0.3, -0.25) is 9.89 Å². The van der Waals surface area contributed by atoms with Gasteiger partial charge in [-0.2, -0.15) is 5.10 Å². The molecule has 23 heavy (non-hydrogen) atoms. The standard InChI is InChI=1S/C18H17N3O2/c1-2-13-8-6-12(10-16(13)22)7-9-17(23)20-15-5-3-4-14-11-19-21-18(14)15/h3-11,22H,2H2,1H3,(H,19,21)(H,20,23)/b9-7+. The summed E-state index contributed by atoms with van der Waals surface area (Å²) in [5.41, 5.74) is 3.13. The number of carbonyl (C=O) groups excluding carboxylic acids is 1. The van der Waals surface area contributed by atoms with Crippen LogP contribution in [0, 0.1) is 0 Å². The summed E-state index contributed by atoms with van der Waals surface area (Å²) in [5, 5.41) is 20.4. The van der Waals surface area contributed by atoms with Crippen LogP contribution < -0.4 is 5.32 Å². The maximum absolute atomic E-state index is 12.1. The van der Waals surface area contributed by atoms with Crippen molar-refractivity contribution in [3.63, 3.8) is 0 Å². The summed E-state index contributed by atoms with van der Waals surface area (Å²) in [6.07, 6.45) is 5.58. The smallest absolute Gasteiger partial charge is 0.248 e. The third kappa shape index (κ3) is 3.23. The van der Waals surface area contributed by atoms with Crippen molar-refractivity contribution in [2.24, 2.45) is 0 Å². The first-order chi connectivity index (χ1) is 11.2. The van der Waals surface area contributed by atoms with E-state index in [2.05, 4.69) is 15.5 Å². The van der Waals surface area contributed by atoms with E-state index < -0.39 is 0 Å². The number of anilines is 1. The fraction of sp³-hybridized carbons (Fsp3) is 0.111. The van der Waals surface area contributed by atoms with Gasteiger partial charge in [-0.15, -0.1) is 0 Å². The first-order valence-corrected chi connectivity index (χ1v) is 7.40. The molecule has 3 rings (SSSR count).